The number of benzene rings is 3. The van der Waals surface area contributed by atoms with E-state index < -0.39 is 5.54 Å². The molecule has 3 aromatic rings. The van der Waals surface area contributed by atoms with E-state index in [0.29, 0.717) is 0 Å². The van der Waals surface area contributed by atoms with Crippen LogP contribution in [0, 0.1) is 41.5 Å². The number of rotatable bonds is 1. The minimum Gasteiger partial charge on any atom is -0.320 e. The lowest BCUT2D eigenvalue weighted by Crippen LogP contribution is -2.47. The smallest absolute Gasteiger partial charge is 0.0935 e. The first-order valence-corrected chi connectivity index (χ1v) is 10.0. The highest BCUT2D eigenvalue weighted by molar-refractivity contribution is 5.69. The van der Waals surface area contributed by atoms with Gasteiger partial charge in [-0.2, -0.15) is 0 Å². The predicted octanol–water partition coefficient (Wildman–Crippen LogP) is 5.15. The van der Waals surface area contributed by atoms with E-state index in [1.165, 1.54) is 50.1 Å². The van der Waals surface area contributed by atoms with Crippen molar-refractivity contribution in [3.63, 3.8) is 0 Å². The summed E-state index contributed by atoms with van der Waals surface area (Å²) in [5.41, 5.74) is 27.1. The average molecular weight is 371 g/mol. The standard InChI is InChI=1S/C26H30N2/c1-14-12-13-21-23(15(14)2)26(28,20-10-8-7-9-11-20)24-19(6)17(4)16(3)18(5)22(24)25(21)27/h7-13,25H,27-28H2,1-6H3. The third-order valence-corrected chi connectivity index (χ3v) is 7.17. The molecule has 144 valence electrons. The molecule has 1 aliphatic carbocycles. The van der Waals surface area contributed by atoms with Crippen LogP contribution >= 0.6 is 0 Å². The van der Waals surface area contributed by atoms with Gasteiger partial charge in [0.2, 0.25) is 0 Å². The van der Waals surface area contributed by atoms with Crippen LogP contribution in [0.25, 0.3) is 0 Å². The summed E-state index contributed by atoms with van der Waals surface area (Å²) in [6.45, 7) is 13.1. The number of aryl methyl sites for hydroxylation is 1. The summed E-state index contributed by atoms with van der Waals surface area (Å²) >= 11 is 0. The first-order valence-electron chi connectivity index (χ1n) is 10.0. The molecule has 0 saturated heterocycles. The molecule has 0 heterocycles. The van der Waals surface area contributed by atoms with Crippen LogP contribution in [-0.4, -0.2) is 0 Å². The quantitative estimate of drug-likeness (QED) is 0.622. The van der Waals surface area contributed by atoms with Crippen molar-refractivity contribution in [3.8, 4) is 0 Å². The molecule has 0 bridgehead atoms. The molecule has 0 saturated carbocycles. The summed E-state index contributed by atoms with van der Waals surface area (Å²) in [5.74, 6) is 0. The molecule has 0 aliphatic heterocycles. The first kappa shape index (κ1) is 18.9. The summed E-state index contributed by atoms with van der Waals surface area (Å²) in [7, 11) is 0. The second-order valence-electron chi connectivity index (χ2n) is 8.41. The van der Waals surface area contributed by atoms with E-state index >= 15 is 0 Å². The van der Waals surface area contributed by atoms with Crippen LogP contribution in [0.15, 0.2) is 42.5 Å². The number of nitrogens with two attached hydrogens (primary N) is 2. The summed E-state index contributed by atoms with van der Waals surface area (Å²) in [6.07, 6.45) is 0. The van der Waals surface area contributed by atoms with Gasteiger partial charge >= 0.3 is 0 Å². The zero-order valence-electron chi connectivity index (χ0n) is 17.8. The molecule has 0 aromatic heterocycles. The van der Waals surface area contributed by atoms with Crippen LogP contribution in [0.3, 0.4) is 0 Å². The van der Waals surface area contributed by atoms with Crippen molar-refractivity contribution in [3.05, 3.63) is 104 Å². The second kappa shape index (κ2) is 6.30. The Kier molecular flexibility index (Phi) is 4.26. The number of hydrogen-bond donors (Lipinski definition) is 2. The van der Waals surface area contributed by atoms with Gasteiger partial charge in [0.1, 0.15) is 0 Å². The monoisotopic (exact) mass is 370 g/mol. The Morgan fingerprint density at radius 3 is 1.93 bits per heavy atom. The van der Waals surface area contributed by atoms with Crippen molar-refractivity contribution in [1.82, 2.24) is 0 Å². The largest absolute Gasteiger partial charge is 0.320 e. The molecule has 28 heavy (non-hydrogen) atoms. The predicted molar refractivity (Wildman–Crippen MR) is 118 cm³/mol. The molecule has 3 aromatic carbocycles. The molecule has 2 unspecified atom stereocenters. The minimum absolute atomic E-state index is 0.164. The van der Waals surface area contributed by atoms with Gasteiger partial charge in [0.05, 0.1) is 11.6 Å². The molecular formula is C26H30N2. The SMILES string of the molecule is Cc1ccc2c(c1C)C(N)(c1ccccc1)c1c(C)c(C)c(C)c(C)c1C2N. The maximum absolute atomic E-state index is 7.47. The Hall–Kier alpha value is -2.42. The molecular weight excluding hydrogens is 340 g/mol. The molecule has 4 rings (SSSR count). The van der Waals surface area contributed by atoms with Gasteiger partial charge in [0.25, 0.3) is 0 Å². The normalized spacial score (nSPS) is 20.6. The molecule has 4 N–H and O–H groups in total. The van der Waals surface area contributed by atoms with Gasteiger partial charge in [-0.25, -0.2) is 0 Å². The van der Waals surface area contributed by atoms with Gasteiger partial charge in [-0.15, -0.1) is 0 Å². The van der Waals surface area contributed by atoms with Crippen molar-refractivity contribution in [1.29, 1.82) is 0 Å². The van der Waals surface area contributed by atoms with Crippen molar-refractivity contribution in [2.45, 2.75) is 53.1 Å². The van der Waals surface area contributed by atoms with E-state index in [9.17, 15) is 0 Å². The molecule has 2 nitrogen and oxygen atoms in total. The molecule has 1 aliphatic rings. The zero-order valence-corrected chi connectivity index (χ0v) is 17.8. The lowest BCUT2D eigenvalue weighted by atomic mass is 9.63. The van der Waals surface area contributed by atoms with E-state index in [0.717, 1.165) is 11.1 Å². The summed E-state index contributed by atoms with van der Waals surface area (Å²) < 4.78 is 0. The van der Waals surface area contributed by atoms with Gasteiger partial charge < -0.3 is 11.5 Å². The molecule has 2 atom stereocenters. The van der Waals surface area contributed by atoms with E-state index in [1.807, 2.05) is 6.07 Å². The van der Waals surface area contributed by atoms with Crippen molar-refractivity contribution >= 4 is 0 Å². The Bertz CT molecular complexity index is 1100. The summed E-state index contributed by atoms with van der Waals surface area (Å²) in [6, 6.07) is 14.7. The Morgan fingerprint density at radius 2 is 1.29 bits per heavy atom. The topological polar surface area (TPSA) is 52.0 Å². The van der Waals surface area contributed by atoms with Gasteiger partial charge in [-0.05, 0) is 103 Å². The highest BCUT2D eigenvalue weighted by Gasteiger charge is 2.45. The highest BCUT2D eigenvalue weighted by atomic mass is 14.8. The maximum atomic E-state index is 7.47. The minimum atomic E-state index is -0.717. The van der Waals surface area contributed by atoms with Crippen LogP contribution in [0.1, 0.15) is 67.2 Å². The van der Waals surface area contributed by atoms with Gasteiger partial charge in [0.15, 0.2) is 0 Å². The van der Waals surface area contributed by atoms with Crippen molar-refractivity contribution in [2.24, 2.45) is 11.5 Å². The fourth-order valence-electron chi connectivity index (χ4n) is 5.13. The number of hydrogen-bond acceptors (Lipinski definition) is 2. The van der Waals surface area contributed by atoms with Crippen LogP contribution in [-0.2, 0) is 5.54 Å². The third-order valence-electron chi connectivity index (χ3n) is 7.17. The van der Waals surface area contributed by atoms with Crippen LogP contribution in [0.5, 0.6) is 0 Å². The van der Waals surface area contributed by atoms with Crippen molar-refractivity contribution < 1.29 is 0 Å². The Labute approximate surface area is 168 Å². The van der Waals surface area contributed by atoms with E-state index in [-0.39, 0.29) is 6.04 Å². The zero-order chi connectivity index (χ0) is 20.4. The number of fused-ring (bicyclic) bond motifs is 2. The van der Waals surface area contributed by atoms with Crippen LogP contribution < -0.4 is 11.5 Å². The van der Waals surface area contributed by atoms with Crippen molar-refractivity contribution in [2.75, 3.05) is 0 Å². The summed E-state index contributed by atoms with van der Waals surface area (Å²) in [5, 5.41) is 0. The van der Waals surface area contributed by atoms with Crippen LogP contribution in [0.2, 0.25) is 0 Å². The van der Waals surface area contributed by atoms with Gasteiger partial charge in [-0.1, -0.05) is 42.5 Å². The van der Waals surface area contributed by atoms with E-state index in [2.05, 4.69) is 77.9 Å². The van der Waals surface area contributed by atoms with E-state index in [4.69, 9.17) is 11.5 Å². The van der Waals surface area contributed by atoms with Crippen LogP contribution in [0.4, 0.5) is 0 Å². The lowest BCUT2D eigenvalue weighted by molar-refractivity contribution is 0.583. The first-order chi connectivity index (χ1) is 13.2. The Morgan fingerprint density at radius 1 is 0.679 bits per heavy atom. The summed E-state index contributed by atoms with van der Waals surface area (Å²) in [4.78, 5) is 0. The second-order valence-corrected chi connectivity index (χ2v) is 8.41. The van der Waals surface area contributed by atoms with Gasteiger partial charge in [0, 0.05) is 0 Å². The molecule has 0 amide bonds. The van der Waals surface area contributed by atoms with E-state index in [1.54, 1.807) is 0 Å². The molecule has 0 radical (unpaired) electrons. The molecule has 2 heteroatoms. The average Bonchev–Trinajstić information content (AvgIpc) is 2.70. The Balaban J connectivity index is 2.25. The third kappa shape index (κ3) is 2.28. The van der Waals surface area contributed by atoms with Gasteiger partial charge in [-0.3, -0.25) is 0 Å². The lowest BCUT2D eigenvalue weighted by Gasteiger charge is -2.44. The molecule has 0 spiro atoms. The highest BCUT2D eigenvalue weighted by Crippen LogP contribution is 2.50. The fraction of sp³-hybridized carbons (Fsp3) is 0.308. The maximum Gasteiger partial charge on any atom is 0.0935 e. The molecule has 0 fully saturated rings. The fourth-order valence-corrected chi connectivity index (χ4v) is 5.13.